The van der Waals surface area contributed by atoms with Crippen LogP contribution in [0.15, 0.2) is 65.8 Å². The predicted octanol–water partition coefficient (Wildman–Crippen LogP) is 3.65. The lowest BCUT2D eigenvalue weighted by atomic mass is 9.93. The van der Waals surface area contributed by atoms with Gasteiger partial charge in [-0.25, -0.2) is 4.98 Å². The van der Waals surface area contributed by atoms with Crippen LogP contribution in [0.25, 0.3) is 11.3 Å². The molecule has 0 spiro atoms. The molecule has 6 heteroatoms. The van der Waals surface area contributed by atoms with E-state index >= 15 is 0 Å². The number of H-pyrrole nitrogens is 1. The monoisotopic (exact) mass is 389 g/mol. The van der Waals surface area contributed by atoms with Crippen molar-refractivity contribution in [3.63, 3.8) is 0 Å². The molecule has 2 aromatic carbocycles. The summed E-state index contributed by atoms with van der Waals surface area (Å²) in [6.07, 6.45) is 2.89. The molecule has 3 aromatic rings. The third-order valence-electron chi connectivity index (χ3n) is 5.26. The van der Waals surface area contributed by atoms with E-state index in [0.717, 1.165) is 48.4 Å². The maximum absolute atomic E-state index is 5.77. The van der Waals surface area contributed by atoms with Crippen molar-refractivity contribution >= 4 is 5.96 Å². The third-order valence-corrected chi connectivity index (χ3v) is 5.26. The van der Waals surface area contributed by atoms with Crippen LogP contribution in [0.4, 0.5) is 0 Å². The minimum atomic E-state index is 0.415. The number of hydrogen-bond donors (Lipinski definition) is 2. The molecule has 0 saturated heterocycles. The van der Waals surface area contributed by atoms with Gasteiger partial charge in [-0.15, -0.1) is 0 Å². The molecule has 1 atom stereocenters. The van der Waals surface area contributed by atoms with Crippen molar-refractivity contribution in [1.82, 2.24) is 20.2 Å². The molecule has 150 valence electrons. The molecular formula is C23H27N5O. The summed E-state index contributed by atoms with van der Waals surface area (Å²) in [5.41, 5.74) is 3.42. The summed E-state index contributed by atoms with van der Waals surface area (Å²) < 4.78 is 5.77. The van der Waals surface area contributed by atoms with E-state index in [2.05, 4.69) is 49.4 Å². The zero-order valence-corrected chi connectivity index (χ0v) is 16.9. The number of aliphatic imine (C=N–C) groups is 1. The fourth-order valence-electron chi connectivity index (χ4n) is 3.73. The first-order valence-corrected chi connectivity index (χ1v) is 9.97. The summed E-state index contributed by atoms with van der Waals surface area (Å²) in [7, 11) is 3.84. The average molecular weight is 390 g/mol. The van der Waals surface area contributed by atoms with Crippen molar-refractivity contribution in [3.05, 3.63) is 72.2 Å². The number of hydrogen-bond acceptors (Lipinski definition) is 3. The highest BCUT2D eigenvalue weighted by atomic mass is 16.5. The van der Waals surface area contributed by atoms with E-state index in [0.29, 0.717) is 12.5 Å². The van der Waals surface area contributed by atoms with Gasteiger partial charge in [0.25, 0.3) is 0 Å². The van der Waals surface area contributed by atoms with Gasteiger partial charge in [0.15, 0.2) is 5.96 Å². The van der Waals surface area contributed by atoms with Crippen LogP contribution >= 0.6 is 0 Å². The standard InChI is InChI=1S/C23H27N5O/c1-24-23(26-14-18-12-13-29-21-11-7-6-10-19(18)21)28(2)16-22-25-15-20(27-22)17-8-4-3-5-9-17/h3-11,15,18H,12-14,16H2,1-2H3,(H,24,26)(H,25,27). The molecule has 29 heavy (non-hydrogen) atoms. The van der Waals surface area contributed by atoms with E-state index in [9.17, 15) is 0 Å². The van der Waals surface area contributed by atoms with Crippen LogP contribution in [0.3, 0.4) is 0 Å². The molecule has 0 amide bonds. The molecule has 1 unspecified atom stereocenters. The Morgan fingerprint density at radius 2 is 2.00 bits per heavy atom. The number of imidazole rings is 1. The van der Waals surface area contributed by atoms with Crippen molar-refractivity contribution in [2.75, 3.05) is 27.2 Å². The van der Waals surface area contributed by atoms with Crippen LogP contribution in [0.2, 0.25) is 0 Å². The Hall–Kier alpha value is -3.28. The largest absolute Gasteiger partial charge is 0.493 e. The molecule has 0 aliphatic carbocycles. The molecule has 2 N–H and O–H groups in total. The minimum Gasteiger partial charge on any atom is -0.493 e. The molecular weight excluding hydrogens is 362 g/mol. The van der Waals surface area contributed by atoms with E-state index < -0.39 is 0 Å². The SMILES string of the molecule is CN=C(NCC1CCOc2ccccc21)N(C)Cc1ncc(-c2ccccc2)[nH]1. The zero-order chi connectivity index (χ0) is 20.1. The number of nitrogens with zero attached hydrogens (tertiary/aromatic N) is 3. The first-order valence-electron chi connectivity index (χ1n) is 9.97. The summed E-state index contributed by atoms with van der Waals surface area (Å²) in [4.78, 5) is 14.5. The smallest absolute Gasteiger partial charge is 0.193 e. The van der Waals surface area contributed by atoms with Crippen molar-refractivity contribution in [3.8, 4) is 17.0 Å². The molecule has 0 bridgehead atoms. The number of guanidine groups is 1. The topological polar surface area (TPSA) is 65.5 Å². The van der Waals surface area contributed by atoms with Crippen molar-refractivity contribution in [2.24, 2.45) is 4.99 Å². The number of aromatic amines is 1. The summed E-state index contributed by atoms with van der Waals surface area (Å²) in [6, 6.07) is 18.5. The van der Waals surface area contributed by atoms with E-state index in [4.69, 9.17) is 4.74 Å². The van der Waals surface area contributed by atoms with Crippen LogP contribution < -0.4 is 10.1 Å². The van der Waals surface area contributed by atoms with E-state index in [-0.39, 0.29) is 0 Å². The number of aromatic nitrogens is 2. The van der Waals surface area contributed by atoms with Crippen molar-refractivity contribution < 1.29 is 4.74 Å². The van der Waals surface area contributed by atoms with Gasteiger partial charge >= 0.3 is 0 Å². The molecule has 6 nitrogen and oxygen atoms in total. The number of fused-ring (bicyclic) bond motifs is 1. The number of benzene rings is 2. The summed E-state index contributed by atoms with van der Waals surface area (Å²) in [5, 5.41) is 3.52. The number of para-hydroxylation sites is 1. The Morgan fingerprint density at radius 3 is 2.83 bits per heavy atom. The fourth-order valence-corrected chi connectivity index (χ4v) is 3.73. The van der Waals surface area contributed by atoms with Crippen molar-refractivity contribution in [2.45, 2.75) is 18.9 Å². The van der Waals surface area contributed by atoms with Crippen LogP contribution in [0.5, 0.6) is 5.75 Å². The normalized spacial score (nSPS) is 16.1. The van der Waals surface area contributed by atoms with Gasteiger partial charge in [0, 0.05) is 26.6 Å². The van der Waals surface area contributed by atoms with E-state index in [1.807, 2.05) is 50.6 Å². The summed E-state index contributed by atoms with van der Waals surface area (Å²) >= 11 is 0. The highest BCUT2D eigenvalue weighted by molar-refractivity contribution is 5.79. The fraction of sp³-hybridized carbons (Fsp3) is 0.304. The molecule has 0 fully saturated rings. The number of nitrogens with one attached hydrogen (secondary N) is 2. The van der Waals surface area contributed by atoms with Gasteiger partial charge in [-0.2, -0.15) is 0 Å². The van der Waals surface area contributed by atoms with Gasteiger partial charge in [0.2, 0.25) is 0 Å². The number of ether oxygens (including phenoxy) is 1. The van der Waals surface area contributed by atoms with Gasteiger partial charge in [-0.05, 0) is 23.6 Å². The molecule has 0 radical (unpaired) electrons. The van der Waals surface area contributed by atoms with Gasteiger partial charge in [-0.1, -0.05) is 48.5 Å². The Balaban J connectivity index is 1.37. The lowest BCUT2D eigenvalue weighted by molar-refractivity contribution is 0.266. The van der Waals surface area contributed by atoms with Crippen LogP contribution in [-0.4, -0.2) is 48.1 Å². The quantitative estimate of drug-likeness (QED) is 0.516. The average Bonchev–Trinajstić information content (AvgIpc) is 3.23. The van der Waals surface area contributed by atoms with Gasteiger partial charge in [-0.3, -0.25) is 4.99 Å². The molecule has 2 heterocycles. The Bertz CT molecular complexity index is 966. The Kier molecular flexibility index (Phi) is 5.79. The molecule has 0 saturated carbocycles. The lowest BCUT2D eigenvalue weighted by Gasteiger charge is -2.28. The third kappa shape index (κ3) is 4.42. The van der Waals surface area contributed by atoms with E-state index in [1.54, 1.807) is 0 Å². The highest BCUT2D eigenvalue weighted by Gasteiger charge is 2.21. The first-order chi connectivity index (χ1) is 14.2. The zero-order valence-electron chi connectivity index (χ0n) is 16.9. The van der Waals surface area contributed by atoms with Gasteiger partial charge < -0.3 is 19.9 Å². The van der Waals surface area contributed by atoms with Crippen LogP contribution in [0, 0.1) is 0 Å². The number of rotatable bonds is 5. The summed E-state index contributed by atoms with van der Waals surface area (Å²) in [5.74, 6) is 3.17. The minimum absolute atomic E-state index is 0.415. The maximum Gasteiger partial charge on any atom is 0.193 e. The molecule has 4 rings (SSSR count). The van der Waals surface area contributed by atoms with Gasteiger partial charge in [0.05, 0.1) is 25.0 Å². The van der Waals surface area contributed by atoms with Crippen LogP contribution in [0.1, 0.15) is 23.7 Å². The predicted molar refractivity (Wildman–Crippen MR) is 116 cm³/mol. The Labute approximate surface area is 171 Å². The van der Waals surface area contributed by atoms with Crippen molar-refractivity contribution in [1.29, 1.82) is 0 Å². The lowest BCUT2D eigenvalue weighted by Crippen LogP contribution is -2.41. The molecule has 1 aliphatic heterocycles. The Morgan fingerprint density at radius 1 is 1.21 bits per heavy atom. The molecule has 1 aromatic heterocycles. The van der Waals surface area contributed by atoms with Crippen LogP contribution in [-0.2, 0) is 6.54 Å². The van der Waals surface area contributed by atoms with E-state index in [1.165, 1.54) is 5.56 Å². The second-order valence-electron chi connectivity index (χ2n) is 7.27. The molecule has 1 aliphatic rings. The maximum atomic E-state index is 5.77. The highest BCUT2D eigenvalue weighted by Crippen LogP contribution is 2.32. The first kappa shape index (κ1) is 19.1. The second kappa shape index (κ2) is 8.82. The summed E-state index contributed by atoms with van der Waals surface area (Å²) in [6.45, 7) is 2.23. The second-order valence-corrected chi connectivity index (χ2v) is 7.27. The van der Waals surface area contributed by atoms with Gasteiger partial charge in [0.1, 0.15) is 11.6 Å².